The van der Waals surface area contributed by atoms with E-state index in [0.717, 1.165) is 17.4 Å². The molecule has 0 saturated carbocycles. The number of hydrogen-bond acceptors (Lipinski definition) is 6. The maximum absolute atomic E-state index is 13.3. The highest BCUT2D eigenvalue weighted by molar-refractivity contribution is 7.11. The number of carbonyl (C=O) groups is 2. The maximum atomic E-state index is 13.3. The molecule has 0 atom stereocenters. The van der Waals surface area contributed by atoms with Crippen molar-refractivity contribution in [1.29, 1.82) is 0 Å². The largest absolute Gasteiger partial charge is 0.431 e. The Labute approximate surface area is 135 Å². The molecule has 1 heterocycles. The predicted octanol–water partition coefficient (Wildman–Crippen LogP) is 2.07. The molecule has 1 aromatic carbocycles. The van der Waals surface area contributed by atoms with E-state index in [4.69, 9.17) is 10.5 Å². The number of anilines is 1. The number of halogens is 1. The highest BCUT2D eigenvalue weighted by atomic mass is 32.1. The van der Waals surface area contributed by atoms with Crippen LogP contribution in [0.3, 0.4) is 0 Å². The van der Waals surface area contributed by atoms with Gasteiger partial charge in [-0.05, 0) is 12.1 Å². The van der Waals surface area contributed by atoms with Gasteiger partial charge >= 0.3 is 0 Å². The highest BCUT2D eigenvalue weighted by Gasteiger charge is 2.14. The number of rotatable bonds is 4. The first-order chi connectivity index (χ1) is 10.9. The number of hydrazine groups is 1. The fourth-order valence-corrected chi connectivity index (χ4v) is 2.07. The minimum atomic E-state index is -0.603. The van der Waals surface area contributed by atoms with Crippen LogP contribution in [0.1, 0.15) is 24.3 Å². The van der Waals surface area contributed by atoms with Crippen molar-refractivity contribution in [1.82, 2.24) is 15.8 Å². The van der Waals surface area contributed by atoms with Gasteiger partial charge in [0.1, 0.15) is 17.3 Å². The second kappa shape index (κ2) is 7.05. The van der Waals surface area contributed by atoms with Gasteiger partial charge < -0.3 is 10.5 Å². The number of nitrogen functional groups attached to an aromatic ring is 1. The molecule has 0 fully saturated rings. The molecule has 122 valence electrons. The van der Waals surface area contributed by atoms with E-state index in [1.54, 1.807) is 13.8 Å². The first-order valence-corrected chi connectivity index (χ1v) is 7.53. The second-order valence-electron chi connectivity index (χ2n) is 4.88. The van der Waals surface area contributed by atoms with Crippen LogP contribution in [-0.4, -0.2) is 16.8 Å². The molecule has 0 spiro atoms. The standard InChI is InChI=1S/C14H15FN4O3S/c1-7(2)12(20)18-19-13(21)11-6-23-14(17-11)22-8-3-4-10(16)9(15)5-8/h3-7H,16H2,1-2H3,(H,18,20)(H,19,21). The van der Waals surface area contributed by atoms with Crippen molar-refractivity contribution in [2.24, 2.45) is 5.92 Å². The summed E-state index contributed by atoms with van der Waals surface area (Å²) in [4.78, 5) is 27.2. The van der Waals surface area contributed by atoms with E-state index in [9.17, 15) is 14.0 Å². The summed E-state index contributed by atoms with van der Waals surface area (Å²) in [7, 11) is 0. The second-order valence-corrected chi connectivity index (χ2v) is 5.70. The monoisotopic (exact) mass is 338 g/mol. The average molecular weight is 338 g/mol. The Balaban J connectivity index is 1.98. The van der Waals surface area contributed by atoms with Gasteiger partial charge in [-0.2, -0.15) is 4.98 Å². The van der Waals surface area contributed by atoms with Gasteiger partial charge in [0.2, 0.25) is 5.91 Å². The number of benzene rings is 1. The number of nitrogens with two attached hydrogens (primary N) is 1. The zero-order valence-corrected chi connectivity index (χ0v) is 13.2. The summed E-state index contributed by atoms with van der Waals surface area (Å²) in [5.41, 5.74) is 9.98. The van der Waals surface area contributed by atoms with Gasteiger partial charge in [0.25, 0.3) is 11.1 Å². The SMILES string of the molecule is CC(C)C(=O)NNC(=O)c1csc(Oc2ccc(N)c(F)c2)n1. The van der Waals surface area contributed by atoms with Crippen molar-refractivity contribution in [3.05, 3.63) is 35.1 Å². The van der Waals surface area contributed by atoms with Crippen LogP contribution in [0.15, 0.2) is 23.6 Å². The van der Waals surface area contributed by atoms with Crippen molar-refractivity contribution >= 4 is 28.8 Å². The van der Waals surface area contributed by atoms with E-state index in [0.29, 0.717) is 0 Å². The van der Waals surface area contributed by atoms with Gasteiger partial charge in [0.05, 0.1) is 5.69 Å². The Bertz CT molecular complexity index is 733. The van der Waals surface area contributed by atoms with Crippen LogP contribution in [0.5, 0.6) is 10.9 Å². The van der Waals surface area contributed by atoms with Gasteiger partial charge in [0.15, 0.2) is 0 Å². The third kappa shape index (κ3) is 4.39. The number of nitrogens with zero attached hydrogens (tertiary/aromatic N) is 1. The molecular weight excluding hydrogens is 323 g/mol. The lowest BCUT2D eigenvalue weighted by Crippen LogP contribution is -2.43. The molecule has 2 rings (SSSR count). The molecule has 0 unspecified atom stereocenters. The lowest BCUT2D eigenvalue weighted by Gasteiger charge is -2.07. The summed E-state index contributed by atoms with van der Waals surface area (Å²) >= 11 is 1.06. The number of carbonyl (C=O) groups excluding carboxylic acids is 2. The molecule has 0 aliphatic rings. The minimum absolute atomic E-state index is 0.0115. The van der Waals surface area contributed by atoms with Crippen molar-refractivity contribution < 1.29 is 18.7 Å². The van der Waals surface area contributed by atoms with Crippen LogP contribution >= 0.6 is 11.3 Å². The Morgan fingerprint density at radius 3 is 2.74 bits per heavy atom. The van der Waals surface area contributed by atoms with E-state index in [1.807, 2.05) is 0 Å². The molecule has 9 heteroatoms. The number of amides is 2. The van der Waals surface area contributed by atoms with Crippen LogP contribution in [0, 0.1) is 11.7 Å². The molecule has 0 bridgehead atoms. The van der Waals surface area contributed by atoms with Crippen LogP contribution in [0.2, 0.25) is 0 Å². The van der Waals surface area contributed by atoms with E-state index in [2.05, 4.69) is 15.8 Å². The fourth-order valence-electron chi connectivity index (χ4n) is 1.41. The third-order valence-corrected chi connectivity index (χ3v) is 3.43. The molecule has 0 radical (unpaired) electrons. The smallest absolute Gasteiger partial charge is 0.289 e. The van der Waals surface area contributed by atoms with Crippen molar-refractivity contribution in [2.75, 3.05) is 5.73 Å². The predicted molar refractivity (Wildman–Crippen MR) is 83.4 cm³/mol. The molecule has 2 aromatic rings. The Morgan fingerprint density at radius 2 is 2.09 bits per heavy atom. The lowest BCUT2D eigenvalue weighted by molar-refractivity contribution is -0.124. The fraction of sp³-hybridized carbons (Fsp3) is 0.214. The molecule has 1 aromatic heterocycles. The van der Waals surface area contributed by atoms with Crippen molar-refractivity contribution in [3.8, 4) is 10.9 Å². The van der Waals surface area contributed by atoms with Crippen LogP contribution in [0.25, 0.3) is 0 Å². The molecule has 0 saturated heterocycles. The maximum Gasteiger partial charge on any atom is 0.289 e. The quantitative estimate of drug-likeness (QED) is 0.584. The number of thiazole rings is 1. The van der Waals surface area contributed by atoms with Crippen molar-refractivity contribution in [3.63, 3.8) is 0 Å². The topological polar surface area (TPSA) is 106 Å². The van der Waals surface area contributed by atoms with Gasteiger partial charge in [-0.3, -0.25) is 20.4 Å². The summed E-state index contributed by atoms with van der Waals surface area (Å²) in [6.07, 6.45) is 0. The zero-order valence-electron chi connectivity index (χ0n) is 12.4. The van der Waals surface area contributed by atoms with E-state index in [-0.39, 0.29) is 34.1 Å². The van der Waals surface area contributed by atoms with Crippen LogP contribution < -0.4 is 21.3 Å². The van der Waals surface area contributed by atoms with Crippen LogP contribution in [0.4, 0.5) is 10.1 Å². The summed E-state index contributed by atoms with van der Waals surface area (Å²) in [6.45, 7) is 3.39. The molecule has 0 aliphatic carbocycles. The minimum Gasteiger partial charge on any atom is -0.431 e. The van der Waals surface area contributed by atoms with E-state index < -0.39 is 11.7 Å². The number of ether oxygens (including phenoxy) is 1. The Morgan fingerprint density at radius 1 is 1.35 bits per heavy atom. The molecular formula is C14H15FN4O3S. The Kier molecular flexibility index (Phi) is 5.12. The number of hydrogen-bond donors (Lipinski definition) is 3. The molecule has 7 nitrogen and oxygen atoms in total. The third-order valence-electron chi connectivity index (χ3n) is 2.72. The normalized spacial score (nSPS) is 10.4. The summed E-state index contributed by atoms with van der Waals surface area (Å²) in [6, 6.07) is 3.98. The lowest BCUT2D eigenvalue weighted by atomic mass is 10.2. The van der Waals surface area contributed by atoms with Crippen molar-refractivity contribution in [2.45, 2.75) is 13.8 Å². The molecule has 2 amide bonds. The summed E-state index contributed by atoms with van der Waals surface area (Å²) < 4.78 is 18.7. The van der Waals surface area contributed by atoms with E-state index >= 15 is 0 Å². The number of aromatic nitrogens is 1. The van der Waals surface area contributed by atoms with Gasteiger partial charge in [-0.1, -0.05) is 25.2 Å². The highest BCUT2D eigenvalue weighted by Crippen LogP contribution is 2.27. The average Bonchev–Trinajstić information content (AvgIpc) is 2.96. The first-order valence-electron chi connectivity index (χ1n) is 6.65. The Hall–Kier alpha value is -2.68. The van der Waals surface area contributed by atoms with E-state index in [1.165, 1.54) is 17.5 Å². The van der Waals surface area contributed by atoms with Crippen LogP contribution in [-0.2, 0) is 4.79 Å². The zero-order chi connectivity index (χ0) is 17.0. The van der Waals surface area contributed by atoms with Gasteiger partial charge in [0, 0.05) is 17.4 Å². The molecule has 23 heavy (non-hydrogen) atoms. The number of nitrogens with one attached hydrogen (secondary N) is 2. The van der Waals surface area contributed by atoms with Gasteiger partial charge in [-0.15, -0.1) is 0 Å². The molecule has 0 aliphatic heterocycles. The summed E-state index contributed by atoms with van der Waals surface area (Å²) in [5.74, 6) is -1.54. The summed E-state index contributed by atoms with van der Waals surface area (Å²) in [5, 5.41) is 1.62. The van der Waals surface area contributed by atoms with Gasteiger partial charge in [-0.25, -0.2) is 4.39 Å². The molecule has 4 N–H and O–H groups in total. The first kappa shape index (κ1) is 16.7.